The van der Waals surface area contributed by atoms with Gasteiger partial charge < -0.3 is 34.2 Å². The van der Waals surface area contributed by atoms with Crippen molar-refractivity contribution in [2.75, 3.05) is 0 Å². The van der Waals surface area contributed by atoms with Crippen molar-refractivity contribution < 1.29 is 93.3 Å². The Morgan fingerprint density at radius 3 is 2.00 bits per heavy atom. The van der Waals surface area contributed by atoms with E-state index in [1.807, 2.05) is 0 Å². The molecule has 1 aliphatic heterocycles. The molecule has 0 aromatic carbocycles. The number of phosphoric acid groups is 1. The summed E-state index contributed by atoms with van der Waals surface area (Å²) < 4.78 is 14.4. The van der Waals surface area contributed by atoms with E-state index < -0.39 is 36.8 Å². The third-order valence-electron chi connectivity index (χ3n) is 2.04. The van der Waals surface area contributed by atoms with Crippen molar-refractivity contribution in [3.05, 3.63) is 0 Å². The zero-order valence-electron chi connectivity index (χ0n) is 9.72. The Morgan fingerprint density at radius 2 is 1.59 bits per heavy atom. The van der Waals surface area contributed by atoms with Gasteiger partial charge in [-0.15, -0.1) is 11.8 Å². The zero-order valence-corrected chi connectivity index (χ0v) is 15.4. The van der Waals surface area contributed by atoms with Crippen LogP contribution in [-0.2, 0) is 9.09 Å². The summed E-state index contributed by atoms with van der Waals surface area (Å²) in [5.74, 6) is 0. The molecule has 1 fully saturated rings. The van der Waals surface area contributed by atoms with Crippen molar-refractivity contribution in [1.29, 1.82) is 0 Å². The monoisotopic (exact) mass is 304 g/mol. The normalized spacial score (nSPS) is 37.9. The number of hydrogen-bond acceptors (Lipinski definition) is 8. The molecule has 0 saturated carbocycles. The summed E-state index contributed by atoms with van der Waals surface area (Å²) in [6.45, 7) is 1.52. The number of aliphatic hydroxyl groups excluding tert-OH is 3. The Hall–Kier alpha value is 2.34. The topological polar surface area (TPSA) is 133 Å². The molecule has 0 amide bonds. The van der Waals surface area contributed by atoms with Crippen molar-refractivity contribution in [2.24, 2.45) is 0 Å². The van der Waals surface area contributed by atoms with Crippen LogP contribution in [0.25, 0.3) is 0 Å². The van der Waals surface area contributed by atoms with Crippen molar-refractivity contribution in [2.45, 2.75) is 35.9 Å². The molecule has 0 radical (unpaired) electrons. The fourth-order valence-electron chi connectivity index (χ4n) is 1.23. The second-order valence-corrected chi connectivity index (χ2v) is 5.82. The quantitative estimate of drug-likeness (QED) is 0.338. The van der Waals surface area contributed by atoms with Gasteiger partial charge in [-0.1, -0.05) is 6.92 Å². The third-order valence-corrected chi connectivity index (χ3v) is 4.02. The second kappa shape index (κ2) is 8.59. The van der Waals surface area contributed by atoms with Crippen LogP contribution in [0, 0.1) is 0 Å². The fraction of sp³-hybridized carbons (Fsp3) is 1.00. The first-order valence-corrected chi connectivity index (χ1v) is 6.53. The number of thioether (sulfide) groups is 1. The maximum atomic E-state index is 10.3. The van der Waals surface area contributed by atoms with Crippen LogP contribution < -0.4 is 68.9 Å². The predicted molar refractivity (Wildman–Crippen MR) is 47.6 cm³/mol. The molecule has 0 bridgehead atoms. The van der Waals surface area contributed by atoms with E-state index in [0.29, 0.717) is 0 Å². The molecule has 11 heteroatoms. The first kappa shape index (κ1) is 21.6. The molecule has 0 aliphatic carbocycles. The van der Waals surface area contributed by atoms with E-state index in [1.165, 1.54) is 6.92 Å². The summed E-state index contributed by atoms with van der Waals surface area (Å²) >= 11 is 0.779. The summed E-state index contributed by atoms with van der Waals surface area (Å²) in [6, 6.07) is 0. The van der Waals surface area contributed by atoms with Gasteiger partial charge in [0.25, 0.3) is 0 Å². The maximum Gasteiger partial charge on any atom is 1.00 e. The van der Waals surface area contributed by atoms with Gasteiger partial charge in [0.15, 0.2) is 0 Å². The standard InChI is InChI=1S/C6H13O7PS.2Na/c1-2-3(7)4(8)5(9)6(15-2)13-14(10,11)12;;/h2-9H,1H3,(H2,10,11,12);;/q;2*+1/p-2. The van der Waals surface area contributed by atoms with Crippen LogP contribution in [0.3, 0.4) is 0 Å². The van der Waals surface area contributed by atoms with Crippen LogP contribution in [0.4, 0.5) is 0 Å². The molecule has 3 N–H and O–H groups in total. The van der Waals surface area contributed by atoms with Crippen molar-refractivity contribution >= 4 is 19.6 Å². The van der Waals surface area contributed by atoms with Crippen molar-refractivity contribution in [1.82, 2.24) is 0 Å². The number of rotatable bonds is 2. The predicted octanol–water partition coefficient (Wildman–Crippen LogP) is -8.62. The van der Waals surface area contributed by atoms with Gasteiger partial charge in [0.2, 0.25) is 0 Å². The minimum atomic E-state index is -5.22. The van der Waals surface area contributed by atoms with E-state index in [1.54, 1.807) is 0 Å². The Balaban J connectivity index is 0. The van der Waals surface area contributed by atoms with E-state index >= 15 is 0 Å². The average molecular weight is 304 g/mol. The molecule has 0 aromatic rings. The molecule has 17 heavy (non-hydrogen) atoms. The fourth-order valence-corrected chi connectivity index (χ4v) is 3.19. The number of aliphatic hydroxyl groups is 3. The molecule has 1 heterocycles. The van der Waals surface area contributed by atoms with E-state index in [4.69, 9.17) is 0 Å². The van der Waals surface area contributed by atoms with Gasteiger partial charge in [-0.25, -0.2) is 0 Å². The average Bonchev–Trinajstić information content (AvgIpc) is 2.08. The van der Waals surface area contributed by atoms with Gasteiger partial charge in [0.1, 0.15) is 17.6 Å². The molecule has 1 aliphatic rings. The van der Waals surface area contributed by atoms with Crippen LogP contribution in [0.15, 0.2) is 0 Å². The molecule has 1 saturated heterocycles. The molecule has 90 valence electrons. The van der Waals surface area contributed by atoms with Gasteiger partial charge >= 0.3 is 59.1 Å². The summed E-state index contributed by atoms with van der Waals surface area (Å²) in [4.78, 5) is 20.6. The number of phosphoric ester groups is 1. The molecule has 0 spiro atoms. The first-order valence-electron chi connectivity index (χ1n) is 4.12. The van der Waals surface area contributed by atoms with Gasteiger partial charge in [-0.3, -0.25) is 0 Å². The van der Waals surface area contributed by atoms with Crippen molar-refractivity contribution in [3.63, 3.8) is 0 Å². The molecule has 5 unspecified atom stereocenters. The van der Waals surface area contributed by atoms with Crippen LogP contribution in [0.1, 0.15) is 6.92 Å². The first-order chi connectivity index (χ1) is 6.72. The Labute approximate surface area is 147 Å². The van der Waals surface area contributed by atoms with E-state index in [0.717, 1.165) is 11.8 Å². The minimum absolute atomic E-state index is 0. The van der Waals surface area contributed by atoms with Crippen LogP contribution in [-0.4, -0.2) is 44.3 Å². The Morgan fingerprint density at radius 1 is 1.12 bits per heavy atom. The maximum absolute atomic E-state index is 10.3. The molecule has 7 nitrogen and oxygen atoms in total. The minimum Gasteiger partial charge on any atom is -0.790 e. The molecular weight excluding hydrogens is 293 g/mol. The Kier molecular flexibility index (Phi) is 10.9. The molecular formula is C6H11Na2O7PS. The second-order valence-electron chi connectivity index (χ2n) is 3.23. The Bertz CT molecular complexity index is 277. The smallest absolute Gasteiger partial charge is 0.790 e. The summed E-state index contributed by atoms with van der Waals surface area (Å²) in [7, 11) is -5.22. The summed E-state index contributed by atoms with van der Waals surface area (Å²) in [6.07, 6.45) is -4.34. The SMILES string of the molecule is CC1SC(OP(=O)([O-])[O-])C(O)C(O)C1O.[Na+].[Na+]. The number of hydrogen-bond donors (Lipinski definition) is 3. The summed E-state index contributed by atoms with van der Waals surface area (Å²) in [5.41, 5.74) is -1.38. The van der Waals surface area contributed by atoms with Crippen molar-refractivity contribution in [3.8, 4) is 0 Å². The van der Waals surface area contributed by atoms with Crippen LogP contribution in [0.5, 0.6) is 0 Å². The van der Waals surface area contributed by atoms with E-state index in [9.17, 15) is 29.7 Å². The third kappa shape index (κ3) is 6.55. The van der Waals surface area contributed by atoms with Gasteiger partial charge in [0, 0.05) is 5.25 Å². The van der Waals surface area contributed by atoms with Gasteiger partial charge in [-0.2, -0.15) is 0 Å². The van der Waals surface area contributed by atoms with Gasteiger partial charge in [0.05, 0.1) is 13.9 Å². The molecule has 5 atom stereocenters. The largest absolute Gasteiger partial charge is 1.00 e. The van der Waals surface area contributed by atoms with E-state index in [2.05, 4.69) is 4.52 Å². The zero-order chi connectivity index (χ0) is 11.8. The molecule has 0 aromatic heterocycles. The van der Waals surface area contributed by atoms with E-state index in [-0.39, 0.29) is 59.1 Å². The molecule has 1 rings (SSSR count). The van der Waals surface area contributed by atoms with Crippen LogP contribution >= 0.6 is 19.6 Å². The summed E-state index contributed by atoms with van der Waals surface area (Å²) in [5, 5.41) is 27.4. The van der Waals surface area contributed by atoms with Gasteiger partial charge in [-0.05, 0) is 0 Å². The van der Waals surface area contributed by atoms with Crippen LogP contribution in [0.2, 0.25) is 0 Å².